The molecular formula is C17H29N3. The normalized spacial score (nSPS) is 13.2. The van der Waals surface area contributed by atoms with E-state index in [1.165, 1.54) is 24.0 Å². The molecule has 1 aromatic rings. The van der Waals surface area contributed by atoms with Gasteiger partial charge in [-0.25, -0.2) is 0 Å². The zero-order chi connectivity index (χ0) is 15.0. The number of aryl methyl sites for hydroxylation is 1. The van der Waals surface area contributed by atoms with Gasteiger partial charge >= 0.3 is 0 Å². The molecule has 3 heteroatoms. The van der Waals surface area contributed by atoms with E-state index in [0.717, 1.165) is 19.0 Å². The standard InChI is InChI=1S/C17H29N3/c1-6-7-11-20(5)17(18-4)19-13-15(3)16-10-8-9-14(2)12-16/h8-10,12,15H,6-7,11,13H2,1-5H3,(H,18,19). The number of hydrogen-bond donors (Lipinski definition) is 1. The van der Waals surface area contributed by atoms with Crippen LogP contribution in [-0.2, 0) is 0 Å². The van der Waals surface area contributed by atoms with Gasteiger partial charge in [-0.15, -0.1) is 0 Å². The summed E-state index contributed by atoms with van der Waals surface area (Å²) in [6.45, 7) is 8.56. The molecule has 0 radical (unpaired) electrons. The second-order valence-corrected chi connectivity index (χ2v) is 5.52. The van der Waals surface area contributed by atoms with Gasteiger partial charge in [-0.1, -0.05) is 50.1 Å². The number of nitrogens with one attached hydrogen (secondary N) is 1. The molecule has 0 spiro atoms. The average molecular weight is 275 g/mol. The van der Waals surface area contributed by atoms with Crippen molar-refractivity contribution in [2.75, 3.05) is 27.2 Å². The van der Waals surface area contributed by atoms with Crippen molar-refractivity contribution in [2.45, 2.75) is 39.5 Å². The third-order valence-corrected chi connectivity index (χ3v) is 3.60. The summed E-state index contributed by atoms with van der Waals surface area (Å²) < 4.78 is 0. The number of nitrogens with zero attached hydrogens (tertiary/aromatic N) is 2. The molecule has 3 nitrogen and oxygen atoms in total. The van der Waals surface area contributed by atoms with Crippen LogP contribution in [0.3, 0.4) is 0 Å². The number of rotatable bonds is 6. The van der Waals surface area contributed by atoms with Gasteiger partial charge in [0.1, 0.15) is 0 Å². The van der Waals surface area contributed by atoms with E-state index >= 15 is 0 Å². The molecule has 0 aliphatic carbocycles. The van der Waals surface area contributed by atoms with Crippen LogP contribution in [0.1, 0.15) is 43.7 Å². The lowest BCUT2D eigenvalue weighted by atomic mass is 9.99. The molecule has 0 bridgehead atoms. The molecule has 112 valence electrons. The summed E-state index contributed by atoms with van der Waals surface area (Å²) in [5, 5.41) is 3.47. The Kier molecular flexibility index (Phi) is 7.13. The fourth-order valence-corrected chi connectivity index (χ4v) is 2.22. The van der Waals surface area contributed by atoms with Crippen LogP contribution in [0.2, 0.25) is 0 Å². The van der Waals surface area contributed by atoms with E-state index in [4.69, 9.17) is 0 Å². The molecule has 0 fully saturated rings. The van der Waals surface area contributed by atoms with Crippen LogP contribution >= 0.6 is 0 Å². The monoisotopic (exact) mass is 275 g/mol. The average Bonchev–Trinajstić information content (AvgIpc) is 2.45. The van der Waals surface area contributed by atoms with Crippen LogP contribution in [0.25, 0.3) is 0 Å². The molecule has 0 aromatic heterocycles. The van der Waals surface area contributed by atoms with Crippen molar-refractivity contribution in [2.24, 2.45) is 4.99 Å². The van der Waals surface area contributed by atoms with E-state index in [1.807, 2.05) is 7.05 Å². The lowest BCUT2D eigenvalue weighted by Crippen LogP contribution is -2.40. The molecule has 0 amide bonds. The molecule has 1 N–H and O–H groups in total. The van der Waals surface area contributed by atoms with E-state index in [2.05, 4.69) is 67.3 Å². The summed E-state index contributed by atoms with van der Waals surface area (Å²) in [6, 6.07) is 8.73. The van der Waals surface area contributed by atoms with E-state index in [9.17, 15) is 0 Å². The van der Waals surface area contributed by atoms with Gasteiger partial charge in [0.15, 0.2) is 5.96 Å². The second-order valence-electron chi connectivity index (χ2n) is 5.52. The first-order valence-corrected chi connectivity index (χ1v) is 7.56. The maximum atomic E-state index is 4.36. The number of aliphatic imine (C=N–C) groups is 1. The highest BCUT2D eigenvalue weighted by Crippen LogP contribution is 2.15. The van der Waals surface area contributed by atoms with Crippen molar-refractivity contribution >= 4 is 5.96 Å². The first-order chi connectivity index (χ1) is 9.58. The third-order valence-electron chi connectivity index (χ3n) is 3.60. The lowest BCUT2D eigenvalue weighted by molar-refractivity contribution is 0.462. The summed E-state index contributed by atoms with van der Waals surface area (Å²) in [5.74, 6) is 1.46. The number of benzene rings is 1. The molecule has 1 unspecified atom stereocenters. The van der Waals surface area contributed by atoms with Gasteiger partial charge in [-0.3, -0.25) is 4.99 Å². The van der Waals surface area contributed by atoms with Gasteiger partial charge in [0, 0.05) is 27.2 Å². The van der Waals surface area contributed by atoms with E-state index in [1.54, 1.807) is 0 Å². The molecule has 0 aliphatic heterocycles. The second kappa shape index (κ2) is 8.62. The molecular weight excluding hydrogens is 246 g/mol. The Bertz CT molecular complexity index is 426. The fourth-order valence-electron chi connectivity index (χ4n) is 2.22. The van der Waals surface area contributed by atoms with Crippen molar-refractivity contribution in [1.29, 1.82) is 0 Å². The van der Waals surface area contributed by atoms with Crippen LogP contribution in [-0.4, -0.2) is 38.0 Å². The maximum Gasteiger partial charge on any atom is 0.193 e. The molecule has 0 saturated carbocycles. The highest BCUT2D eigenvalue weighted by Gasteiger charge is 2.09. The Morgan fingerprint density at radius 3 is 2.75 bits per heavy atom. The van der Waals surface area contributed by atoms with Crippen molar-refractivity contribution < 1.29 is 0 Å². The van der Waals surface area contributed by atoms with Gasteiger partial charge in [-0.05, 0) is 24.8 Å². The number of hydrogen-bond acceptors (Lipinski definition) is 1. The smallest absolute Gasteiger partial charge is 0.193 e. The topological polar surface area (TPSA) is 27.6 Å². The largest absolute Gasteiger partial charge is 0.356 e. The summed E-state index contributed by atoms with van der Waals surface area (Å²) in [6.07, 6.45) is 2.41. The minimum Gasteiger partial charge on any atom is -0.356 e. The Hall–Kier alpha value is -1.51. The molecule has 1 atom stereocenters. The lowest BCUT2D eigenvalue weighted by Gasteiger charge is -2.23. The van der Waals surface area contributed by atoms with Crippen molar-refractivity contribution in [3.05, 3.63) is 35.4 Å². The Morgan fingerprint density at radius 2 is 2.15 bits per heavy atom. The summed E-state index contributed by atoms with van der Waals surface area (Å²) in [4.78, 5) is 6.56. The minimum absolute atomic E-state index is 0.478. The summed E-state index contributed by atoms with van der Waals surface area (Å²) >= 11 is 0. The van der Waals surface area contributed by atoms with Crippen molar-refractivity contribution in [3.8, 4) is 0 Å². The highest BCUT2D eigenvalue weighted by atomic mass is 15.3. The quantitative estimate of drug-likeness (QED) is 0.636. The van der Waals surface area contributed by atoms with Gasteiger partial charge in [-0.2, -0.15) is 0 Å². The van der Waals surface area contributed by atoms with Crippen molar-refractivity contribution in [1.82, 2.24) is 10.2 Å². The Balaban J connectivity index is 2.52. The number of guanidine groups is 1. The molecule has 1 rings (SSSR count). The van der Waals surface area contributed by atoms with Gasteiger partial charge in [0.25, 0.3) is 0 Å². The maximum absolute atomic E-state index is 4.36. The first kappa shape index (κ1) is 16.5. The summed E-state index contributed by atoms with van der Waals surface area (Å²) in [7, 11) is 3.95. The predicted octanol–water partition coefficient (Wildman–Crippen LogP) is 3.41. The van der Waals surface area contributed by atoms with E-state index < -0.39 is 0 Å². The summed E-state index contributed by atoms with van der Waals surface area (Å²) in [5.41, 5.74) is 2.70. The predicted molar refractivity (Wildman–Crippen MR) is 88.5 cm³/mol. The minimum atomic E-state index is 0.478. The van der Waals surface area contributed by atoms with Crippen LogP contribution in [0.5, 0.6) is 0 Å². The van der Waals surface area contributed by atoms with Crippen LogP contribution in [0.15, 0.2) is 29.3 Å². The zero-order valence-corrected chi connectivity index (χ0v) is 13.6. The fraction of sp³-hybridized carbons (Fsp3) is 0.588. The molecule has 20 heavy (non-hydrogen) atoms. The van der Waals surface area contributed by atoms with Crippen molar-refractivity contribution in [3.63, 3.8) is 0 Å². The molecule has 0 saturated heterocycles. The third kappa shape index (κ3) is 5.24. The Labute approximate surface area is 124 Å². The first-order valence-electron chi connectivity index (χ1n) is 7.56. The molecule has 0 aliphatic rings. The molecule has 1 aromatic carbocycles. The van der Waals surface area contributed by atoms with E-state index in [-0.39, 0.29) is 0 Å². The van der Waals surface area contributed by atoms with Gasteiger partial charge in [0.2, 0.25) is 0 Å². The number of unbranched alkanes of at least 4 members (excludes halogenated alkanes) is 1. The van der Waals surface area contributed by atoms with Crippen LogP contribution in [0.4, 0.5) is 0 Å². The van der Waals surface area contributed by atoms with Crippen LogP contribution in [0, 0.1) is 6.92 Å². The molecule has 0 heterocycles. The van der Waals surface area contributed by atoms with Gasteiger partial charge in [0.05, 0.1) is 0 Å². The SMILES string of the molecule is CCCCN(C)C(=NC)NCC(C)c1cccc(C)c1. The van der Waals surface area contributed by atoms with Crippen LogP contribution < -0.4 is 5.32 Å². The Morgan fingerprint density at radius 1 is 1.40 bits per heavy atom. The zero-order valence-electron chi connectivity index (χ0n) is 13.6. The van der Waals surface area contributed by atoms with Gasteiger partial charge < -0.3 is 10.2 Å². The highest BCUT2D eigenvalue weighted by molar-refractivity contribution is 5.79. The van der Waals surface area contributed by atoms with E-state index in [0.29, 0.717) is 5.92 Å².